The molecule has 2 saturated carbocycles. The molecule has 2 aliphatic carbocycles. The van der Waals surface area contributed by atoms with Gasteiger partial charge in [-0.2, -0.15) is 0 Å². The number of hydrogen-bond donors (Lipinski definition) is 1. The second-order valence-corrected chi connectivity index (χ2v) is 7.10. The lowest BCUT2D eigenvalue weighted by Gasteiger charge is -2.47. The van der Waals surface area contributed by atoms with Crippen molar-refractivity contribution in [3.63, 3.8) is 0 Å². The summed E-state index contributed by atoms with van der Waals surface area (Å²) >= 11 is 0. The lowest BCUT2D eigenvalue weighted by Crippen LogP contribution is -2.61. The zero-order valence-corrected chi connectivity index (χ0v) is 14.2. The summed E-state index contributed by atoms with van der Waals surface area (Å²) in [5.41, 5.74) is -0.481. The second kappa shape index (κ2) is 7.10. The van der Waals surface area contributed by atoms with Crippen molar-refractivity contribution in [1.29, 1.82) is 0 Å². The summed E-state index contributed by atoms with van der Waals surface area (Å²) < 4.78 is 5.39. The third-order valence-corrected chi connectivity index (χ3v) is 5.18. The van der Waals surface area contributed by atoms with Crippen LogP contribution in [0.5, 0.6) is 0 Å². The highest BCUT2D eigenvalue weighted by Crippen LogP contribution is 2.36. The minimum Gasteiger partial charge on any atom is -0.465 e. The fourth-order valence-electron chi connectivity index (χ4n) is 3.88. The van der Waals surface area contributed by atoms with Crippen molar-refractivity contribution in [2.24, 2.45) is 0 Å². The summed E-state index contributed by atoms with van der Waals surface area (Å²) in [6, 6.07) is 1.52. The van der Waals surface area contributed by atoms with Gasteiger partial charge in [0.1, 0.15) is 5.54 Å². The Labute approximate surface area is 129 Å². The van der Waals surface area contributed by atoms with Crippen molar-refractivity contribution in [2.75, 3.05) is 13.7 Å². The van der Waals surface area contributed by atoms with Crippen LogP contribution in [0.15, 0.2) is 0 Å². The molecule has 2 rings (SSSR count). The molecule has 4 nitrogen and oxygen atoms in total. The Morgan fingerprint density at radius 2 is 1.95 bits per heavy atom. The van der Waals surface area contributed by atoms with E-state index in [4.69, 9.17) is 4.74 Å². The third kappa shape index (κ3) is 3.78. The normalized spacial score (nSPS) is 30.5. The van der Waals surface area contributed by atoms with Gasteiger partial charge in [-0.15, -0.1) is 0 Å². The average molecular weight is 296 g/mol. The van der Waals surface area contributed by atoms with E-state index in [1.54, 1.807) is 0 Å². The largest absolute Gasteiger partial charge is 0.465 e. The van der Waals surface area contributed by atoms with Gasteiger partial charge < -0.3 is 9.64 Å². The predicted octanol–water partition coefficient (Wildman–Crippen LogP) is 2.71. The van der Waals surface area contributed by atoms with E-state index < -0.39 is 5.54 Å². The number of nitrogens with zero attached hydrogens (tertiary/aromatic N) is 1. The van der Waals surface area contributed by atoms with E-state index in [2.05, 4.69) is 31.1 Å². The summed E-state index contributed by atoms with van der Waals surface area (Å²) in [6.45, 7) is 6.58. The van der Waals surface area contributed by atoms with E-state index in [1.807, 2.05) is 6.92 Å². The quantitative estimate of drug-likeness (QED) is 0.765. The van der Waals surface area contributed by atoms with Crippen LogP contribution in [-0.2, 0) is 9.53 Å². The zero-order chi connectivity index (χ0) is 15.5. The van der Waals surface area contributed by atoms with Crippen LogP contribution in [0.25, 0.3) is 0 Å². The number of hydrogen-bond acceptors (Lipinski definition) is 4. The Kier molecular flexibility index (Phi) is 5.67. The molecule has 2 aliphatic rings. The van der Waals surface area contributed by atoms with Gasteiger partial charge in [0.05, 0.1) is 6.61 Å². The van der Waals surface area contributed by atoms with Crippen molar-refractivity contribution in [3.8, 4) is 0 Å². The molecule has 0 aromatic heterocycles. The molecular formula is C17H32N2O2. The van der Waals surface area contributed by atoms with Gasteiger partial charge in [-0.1, -0.05) is 6.42 Å². The highest BCUT2D eigenvalue weighted by molar-refractivity contribution is 5.81. The van der Waals surface area contributed by atoms with Crippen LogP contribution in [0, 0.1) is 0 Å². The van der Waals surface area contributed by atoms with Crippen molar-refractivity contribution < 1.29 is 9.53 Å². The zero-order valence-electron chi connectivity index (χ0n) is 14.2. The van der Waals surface area contributed by atoms with Gasteiger partial charge >= 0.3 is 5.97 Å². The highest BCUT2D eigenvalue weighted by atomic mass is 16.5. The van der Waals surface area contributed by atoms with Crippen LogP contribution in [0.3, 0.4) is 0 Å². The van der Waals surface area contributed by atoms with Gasteiger partial charge in [0.15, 0.2) is 0 Å². The van der Waals surface area contributed by atoms with Crippen LogP contribution in [0.1, 0.15) is 65.7 Å². The molecule has 0 aromatic carbocycles. The Morgan fingerprint density at radius 1 is 1.29 bits per heavy atom. The first-order valence-corrected chi connectivity index (χ1v) is 8.65. The molecule has 0 amide bonds. The topological polar surface area (TPSA) is 41.6 Å². The third-order valence-electron chi connectivity index (χ3n) is 5.18. The lowest BCUT2D eigenvalue weighted by molar-refractivity contribution is -0.154. The van der Waals surface area contributed by atoms with Crippen molar-refractivity contribution in [1.82, 2.24) is 10.2 Å². The number of rotatable bonds is 6. The molecule has 0 aliphatic heterocycles. The van der Waals surface area contributed by atoms with Gasteiger partial charge in [-0.3, -0.25) is 10.1 Å². The number of carbonyl (C=O) groups is 1. The van der Waals surface area contributed by atoms with E-state index >= 15 is 0 Å². The summed E-state index contributed by atoms with van der Waals surface area (Å²) in [6.07, 6.45) is 8.08. The molecule has 0 aromatic rings. The predicted molar refractivity (Wildman–Crippen MR) is 85.3 cm³/mol. The number of esters is 1. The van der Waals surface area contributed by atoms with Gasteiger partial charge in [-0.25, -0.2) is 0 Å². The molecular weight excluding hydrogens is 264 g/mol. The first-order chi connectivity index (χ1) is 9.98. The maximum absolute atomic E-state index is 12.6. The second-order valence-electron chi connectivity index (χ2n) is 7.10. The van der Waals surface area contributed by atoms with E-state index in [-0.39, 0.29) is 5.97 Å². The fourth-order valence-corrected chi connectivity index (χ4v) is 3.88. The van der Waals surface area contributed by atoms with Crippen molar-refractivity contribution >= 4 is 5.97 Å². The maximum atomic E-state index is 12.6. The van der Waals surface area contributed by atoms with Crippen molar-refractivity contribution in [2.45, 2.75) is 89.4 Å². The lowest BCUT2D eigenvalue weighted by atomic mass is 9.76. The van der Waals surface area contributed by atoms with Gasteiger partial charge in [-0.05, 0) is 66.3 Å². The smallest absolute Gasteiger partial charge is 0.326 e. The Morgan fingerprint density at radius 3 is 2.48 bits per heavy atom. The number of carbonyl (C=O) groups excluding carboxylic acids is 1. The Hall–Kier alpha value is -0.610. The van der Waals surface area contributed by atoms with Gasteiger partial charge in [0, 0.05) is 18.1 Å². The molecule has 2 unspecified atom stereocenters. The van der Waals surface area contributed by atoms with Gasteiger partial charge in [0.2, 0.25) is 0 Å². The summed E-state index contributed by atoms with van der Waals surface area (Å²) in [5.74, 6) is -0.0505. The molecule has 4 heteroatoms. The molecule has 0 heterocycles. The molecule has 122 valence electrons. The van der Waals surface area contributed by atoms with Crippen LogP contribution < -0.4 is 5.32 Å². The minimum atomic E-state index is -0.481. The molecule has 0 saturated heterocycles. The molecule has 0 bridgehead atoms. The first-order valence-electron chi connectivity index (χ1n) is 8.65. The van der Waals surface area contributed by atoms with E-state index in [1.165, 1.54) is 25.7 Å². The molecule has 2 atom stereocenters. The van der Waals surface area contributed by atoms with Crippen LogP contribution in [0.4, 0.5) is 0 Å². The standard InChI is InChI=1S/C17H32N2O2/c1-5-21-16(20)17(18-13(2)3)11-7-10-15(12-17)19(4)14-8-6-9-14/h13-15,18H,5-12H2,1-4H3. The average Bonchev–Trinajstić information content (AvgIpc) is 2.36. The van der Waals surface area contributed by atoms with Crippen LogP contribution in [0.2, 0.25) is 0 Å². The monoisotopic (exact) mass is 296 g/mol. The molecule has 0 spiro atoms. The SMILES string of the molecule is CCOC(=O)C1(NC(C)C)CCCC(N(C)C2CCC2)C1. The molecule has 21 heavy (non-hydrogen) atoms. The first kappa shape index (κ1) is 16.8. The molecule has 0 radical (unpaired) electrons. The van der Waals surface area contributed by atoms with E-state index in [9.17, 15) is 4.79 Å². The number of ether oxygens (including phenoxy) is 1. The summed E-state index contributed by atoms with van der Waals surface area (Å²) in [5, 5.41) is 3.54. The molecule has 1 N–H and O–H groups in total. The minimum absolute atomic E-state index is 0.0505. The van der Waals surface area contributed by atoms with E-state index in [0.717, 1.165) is 25.3 Å². The number of nitrogens with one attached hydrogen (secondary N) is 1. The Bertz CT molecular complexity index is 355. The van der Waals surface area contributed by atoms with Crippen LogP contribution in [-0.4, -0.2) is 48.2 Å². The summed E-state index contributed by atoms with van der Waals surface area (Å²) in [7, 11) is 2.24. The van der Waals surface area contributed by atoms with Crippen LogP contribution >= 0.6 is 0 Å². The van der Waals surface area contributed by atoms with Crippen molar-refractivity contribution in [3.05, 3.63) is 0 Å². The maximum Gasteiger partial charge on any atom is 0.326 e. The van der Waals surface area contributed by atoms with E-state index in [0.29, 0.717) is 18.7 Å². The fraction of sp³-hybridized carbons (Fsp3) is 0.941. The molecule has 2 fully saturated rings. The Balaban J connectivity index is 2.09. The summed E-state index contributed by atoms with van der Waals surface area (Å²) in [4.78, 5) is 15.1. The van der Waals surface area contributed by atoms with Gasteiger partial charge in [0.25, 0.3) is 0 Å². The highest BCUT2D eigenvalue weighted by Gasteiger charge is 2.46.